The topological polar surface area (TPSA) is 12.0 Å². The Hall–Kier alpha value is -0.890. The zero-order valence-electron chi connectivity index (χ0n) is 9.22. The lowest BCUT2D eigenvalue weighted by molar-refractivity contribution is 0.584. The highest BCUT2D eigenvalue weighted by Gasteiger charge is 2.23. The van der Waals surface area contributed by atoms with Gasteiger partial charge < -0.3 is 5.32 Å². The Bertz CT molecular complexity index is 331. The molecular formula is C13H18FN. The van der Waals surface area contributed by atoms with Crippen LogP contribution in [0.2, 0.25) is 0 Å². The number of nitrogens with one attached hydrogen (secondary N) is 1. The predicted molar refractivity (Wildman–Crippen MR) is 60.4 cm³/mol. The van der Waals surface area contributed by atoms with Crippen LogP contribution in [0.5, 0.6) is 0 Å². The molecule has 0 atom stereocenters. The minimum atomic E-state index is -0.0528. The summed E-state index contributed by atoms with van der Waals surface area (Å²) in [7, 11) is 0. The highest BCUT2D eigenvalue weighted by molar-refractivity contribution is 5.29. The van der Waals surface area contributed by atoms with Crippen molar-refractivity contribution in [1.29, 1.82) is 0 Å². The van der Waals surface area contributed by atoms with Crippen molar-refractivity contribution >= 4 is 0 Å². The van der Waals surface area contributed by atoms with Gasteiger partial charge in [-0.15, -0.1) is 0 Å². The molecule has 0 aromatic heterocycles. The first-order valence-corrected chi connectivity index (χ1v) is 5.80. The van der Waals surface area contributed by atoms with E-state index in [0.717, 1.165) is 18.5 Å². The molecule has 1 aliphatic rings. The molecular weight excluding hydrogens is 189 g/mol. The van der Waals surface area contributed by atoms with Crippen LogP contribution < -0.4 is 5.32 Å². The van der Waals surface area contributed by atoms with Gasteiger partial charge in [-0.3, -0.25) is 0 Å². The van der Waals surface area contributed by atoms with E-state index in [-0.39, 0.29) is 5.82 Å². The Labute approximate surface area is 90.7 Å². The van der Waals surface area contributed by atoms with Gasteiger partial charge in [0.2, 0.25) is 0 Å². The molecule has 1 aromatic carbocycles. The number of hydrogen-bond acceptors (Lipinski definition) is 1. The molecule has 1 aromatic rings. The second-order valence-corrected chi connectivity index (χ2v) is 4.30. The fourth-order valence-electron chi connectivity index (χ4n) is 1.78. The van der Waals surface area contributed by atoms with E-state index >= 15 is 0 Å². The van der Waals surface area contributed by atoms with Crippen molar-refractivity contribution in [1.82, 2.24) is 5.32 Å². The van der Waals surface area contributed by atoms with E-state index in [4.69, 9.17) is 0 Å². The lowest BCUT2D eigenvalue weighted by atomic mass is 10.1. The van der Waals surface area contributed by atoms with Crippen LogP contribution in [-0.4, -0.2) is 6.54 Å². The molecule has 0 amide bonds. The summed E-state index contributed by atoms with van der Waals surface area (Å²) in [5.74, 6) is 0.583. The van der Waals surface area contributed by atoms with Gasteiger partial charge in [-0.1, -0.05) is 19.1 Å². The maximum Gasteiger partial charge on any atom is 0.127 e. The molecule has 0 radical (unpaired) electrons. The Kier molecular flexibility index (Phi) is 3.37. The average molecular weight is 207 g/mol. The third-order valence-electron chi connectivity index (χ3n) is 2.87. The van der Waals surface area contributed by atoms with Crippen LogP contribution in [0, 0.1) is 5.82 Å². The summed E-state index contributed by atoms with van der Waals surface area (Å²) < 4.78 is 13.6. The Morgan fingerprint density at radius 3 is 2.80 bits per heavy atom. The first kappa shape index (κ1) is 10.6. The van der Waals surface area contributed by atoms with E-state index in [2.05, 4.69) is 18.3 Å². The third kappa shape index (κ3) is 2.78. The Balaban J connectivity index is 1.98. The van der Waals surface area contributed by atoms with E-state index in [0.29, 0.717) is 12.5 Å². The molecule has 15 heavy (non-hydrogen) atoms. The monoisotopic (exact) mass is 207 g/mol. The van der Waals surface area contributed by atoms with Gasteiger partial charge in [0.25, 0.3) is 0 Å². The van der Waals surface area contributed by atoms with Gasteiger partial charge in [-0.25, -0.2) is 4.39 Å². The lowest BCUT2D eigenvalue weighted by Crippen LogP contribution is -2.14. The second-order valence-electron chi connectivity index (χ2n) is 4.30. The minimum Gasteiger partial charge on any atom is -0.313 e. The molecule has 1 fully saturated rings. The second kappa shape index (κ2) is 4.75. The smallest absolute Gasteiger partial charge is 0.127 e. The zero-order chi connectivity index (χ0) is 10.7. The summed E-state index contributed by atoms with van der Waals surface area (Å²) in [4.78, 5) is 0. The Morgan fingerprint density at radius 2 is 2.20 bits per heavy atom. The summed E-state index contributed by atoms with van der Waals surface area (Å²) in [6, 6.07) is 5.70. The van der Waals surface area contributed by atoms with Crippen molar-refractivity contribution in [2.45, 2.75) is 38.6 Å². The quantitative estimate of drug-likeness (QED) is 0.731. The summed E-state index contributed by atoms with van der Waals surface area (Å²) in [6.45, 7) is 3.70. The first-order chi connectivity index (χ1) is 7.31. The molecule has 0 bridgehead atoms. The molecule has 1 N–H and O–H groups in total. The minimum absolute atomic E-state index is 0.0528. The fraction of sp³-hybridized carbons (Fsp3) is 0.538. The highest BCUT2D eigenvalue weighted by atomic mass is 19.1. The maximum absolute atomic E-state index is 13.6. The first-order valence-electron chi connectivity index (χ1n) is 5.80. The van der Waals surface area contributed by atoms with Crippen molar-refractivity contribution in [2.75, 3.05) is 6.54 Å². The van der Waals surface area contributed by atoms with Gasteiger partial charge >= 0.3 is 0 Å². The van der Waals surface area contributed by atoms with Crippen LogP contribution in [-0.2, 0) is 6.54 Å². The summed E-state index contributed by atoms with van der Waals surface area (Å²) in [5, 5.41) is 3.22. The van der Waals surface area contributed by atoms with E-state index in [9.17, 15) is 4.39 Å². The van der Waals surface area contributed by atoms with Crippen LogP contribution in [0.4, 0.5) is 4.39 Å². The number of rotatable bonds is 5. The normalized spacial score (nSPS) is 15.6. The van der Waals surface area contributed by atoms with E-state index < -0.39 is 0 Å². The van der Waals surface area contributed by atoms with Gasteiger partial charge in [0.15, 0.2) is 0 Å². The molecule has 0 aliphatic heterocycles. The molecule has 1 saturated carbocycles. The standard InChI is InChI=1S/C13H18FN/c1-2-7-15-9-12-6-5-11(8-13(12)14)10-3-4-10/h5-6,8,10,15H,2-4,7,9H2,1H3. The summed E-state index contributed by atoms with van der Waals surface area (Å²) >= 11 is 0. The van der Waals surface area contributed by atoms with Crippen LogP contribution in [0.1, 0.15) is 43.2 Å². The maximum atomic E-state index is 13.6. The summed E-state index contributed by atoms with van der Waals surface area (Å²) in [6.07, 6.45) is 3.54. The zero-order valence-corrected chi connectivity index (χ0v) is 9.22. The van der Waals surface area contributed by atoms with E-state index in [1.165, 1.54) is 18.4 Å². The number of benzene rings is 1. The van der Waals surface area contributed by atoms with Crippen molar-refractivity contribution < 1.29 is 4.39 Å². The molecule has 0 saturated heterocycles. The molecule has 1 aliphatic carbocycles. The van der Waals surface area contributed by atoms with E-state index in [1.54, 1.807) is 6.07 Å². The number of hydrogen-bond donors (Lipinski definition) is 1. The molecule has 2 heteroatoms. The molecule has 2 rings (SSSR count). The molecule has 0 unspecified atom stereocenters. The van der Waals surface area contributed by atoms with Crippen molar-refractivity contribution in [2.24, 2.45) is 0 Å². The van der Waals surface area contributed by atoms with Crippen LogP contribution in [0.3, 0.4) is 0 Å². The van der Waals surface area contributed by atoms with Gasteiger partial charge in [0.05, 0.1) is 0 Å². The molecule has 0 spiro atoms. The van der Waals surface area contributed by atoms with Crippen LogP contribution in [0.15, 0.2) is 18.2 Å². The van der Waals surface area contributed by atoms with E-state index in [1.807, 2.05) is 6.07 Å². The van der Waals surface area contributed by atoms with Gasteiger partial charge in [0.1, 0.15) is 5.82 Å². The van der Waals surface area contributed by atoms with Gasteiger partial charge in [0, 0.05) is 12.1 Å². The van der Waals surface area contributed by atoms with Crippen molar-refractivity contribution in [3.63, 3.8) is 0 Å². The SMILES string of the molecule is CCCNCc1ccc(C2CC2)cc1F. The van der Waals surface area contributed by atoms with Crippen molar-refractivity contribution in [3.05, 3.63) is 35.1 Å². The fourth-order valence-corrected chi connectivity index (χ4v) is 1.78. The van der Waals surface area contributed by atoms with Crippen molar-refractivity contribution in [3.8, 4) is 0 Å². The Morgan fingerprint density at radius 1 is 1.40 bits per heavy atom. The predicted octanol–water partition coefficient (Wildman–Crippen LogP) is 3.20. The lowest BCUT2D eigenvalue weighted by Gasteiger charge is -2.06. The highest BCUT2D eigenvalue weighted by Crippen LogP contribution is 2.40. The molecule has 1 nitrogen and oxygen atoms in total. The average Bonchev–Trinajstić information content (AvgIpc) is 3.04. The molecule has 0 heterocycles. The van der Waals surface area contributed by atoms with Crippen LogP contribution >= 0.6 is 0 Å². The van der Waals surface area contributed by atoms with Crippen LogP contribution in [0.25, 0.3) is 0 Å². The van der Waals surface area contributed by atoms with Gasteiger partial charge in [-0.2, -0.15) is 0 Å². The largest absolute Gasteiger partial charge is 0.313 e. The molecule has 82 valence electrons. The number of halogens is 1. The van der Waals surface area contributed by atoms with Gasteiger partial charge in [-0.05, 0) is 43.4 Å². The third-order valence-corrected chi connectivity index (χ3v) is 2.87. The summed E-state index contributed by atoms with van der Waals surface area (Å²) in [5.41, 5.74) is 1.96.